The number of nitrogens with zero attached hydrogens (tertiary/aromatic N) is 1. The molecule has 1 N–H and O–H groups in total. The van der Waals surface area contributed by atoms with E-state index in [9.17, 15) is 4.79 Å². The molecule has 1 heterocycles. The van der Waals surface area contributed by atoms with Crippen molar-refractivity contribution in [3.05, 3.63) is 6.42 Å². The Kier molecular flexibility index (Phi) is 2.84. The summed E-state index contributed by atoms with van der Waals surface area (Å²) in [6.45, 7) is 1.80. The van der Waals surface area contributed by atoms with Crippen molar-refractivity contribution in [2.45, 2.75) is 6.04 Å². The van der Waals surface area contributed by atoms with E-state index in [1.165, 1.54) is 7.11 Å². The maximum absolute atomic E-state index is 10.6. The van der Waals surface area contributed by atoms with Crippen LogP contribution in [0, 0.1) is 6.42 Å². The molecule has 63 valence electrons. The Morgan fingerprint density at radius 1 is 1.82 bits per heavy atom. The normalized spacial score (nSPS) is 20.8. The van der Waals surface area contributed by atoms with Gasteiger partial charge in [-0.25, -0.2) is 0 Å². The molecule has 0 amide bonds. The number of methoxy groups -OCH3 is 1. The van der Waals surface area contributed by atoms with Crippen LogP contribution in [0.4, 0.5) is 0 Å². The number of carboxylic acid groups (broad SMARTS) is 1. The third kappa shape index (κ3) is 1.91. The Morgan fingerprint density at radius 2 is 2.45 bits per heavy atom. The molecule has 1 radical (unpaired) electrons. The highest BCUT2D eigenvalue weighted by atomic mass is 16.5. The monoisotopic (exact) mass is 158 g/mol. The first-order chi connectivity index (χ1) is 5.25. The largest absolute Gasteiger partial charge is 0.480 e. The molecule has 1 saturated heterocycles. The van der Waals surface area contributed by atoms with Gasteiger partial charge in [-0.05, 0) is 6.42 Å². The maximum atomic E-state index is 10.6. The van der Waals surface area contributed by atoms with E-state index < -0.39 is 12.0 Å². The van der Waals surface area contributed by atoms with Gasteiger partial charge in [-0.1, -0.05) is 0 Å². The van der Waals surface area contributed by atoms with Crippen LogP contribution in [0.3, 0.4) is 0 Å². The van der Waals surface area contributed by atoms with Crippen LogP contribution >= 0.6 is 0 Å². The number of ether oxygens (including phenoxy) is 1. The molecule has 1 fully saturated rings. The summed E-state index contributed by atoms with van der Waals surface area (Å²) in [5.74, 6) is -0.806. The SMILES string of the molecule is COCC(C(=O)O)N1C[CH]C1. The van der Waals surface area contributed by atoms with E-state index in [0.29, 0.717) is 0 Å². The topological polar surface area (TPSA) is 49.8 Å². The standard InChI is InChI=1S/C7H12NO3/c1-11-5-6(7(9)10)8-3-2-4-8/h2,6H,3-5H2,1H3,(H,9,10). The number of carboxylic acids is 1. The van der Waals surface area contributed by atoms with Gasteiger partial charge in [0.1, 0.15) is 6.04 Å². The van der Waals surface area contributed by atoms with Crippen LogP contribution < -0.4 is 0 Å². The smallest absolute Gasteiger partial charge is 0.323 e. The molecule has 1 aliphatic rings. The second-order valence-corrected chi connectivity index (χ2v) is 2.55. The number of likely N-dealkylation sites (tertiary alicyclic amines) is 1. The van der Waals surface area contributed by atoms with E-state index >= 15 is 0 Å². The van der Waals surface area contributed by atoms with Gasteiger partial charge >= 0.3 is 5.97 Å². The zero-order valence-corrected chi connectivity index (χ0v) is 6.49. The summed E-state index contributed by atoms with van der Waals surface area (Å²) < 4.78 is 4.79. The molecule has 0 aromatic rings. The summed E-state index contributed by atoms with van der Waals surface area (Å²) in [5, 5.41) is 8.70. The highest BCUT2D eigenvalue weighted by molar-refractivity contribution is 5.73. The van der Waals surface area contributed by atoms with Crippen LogP contribution in [0.25, 0.3) is 0 Å². The van der Waals surface area contributed by atoms with E-state index in [-0.39, 0.29) is 6.61 Å². The van der Waals surface area contributed by atoms with Crippen LogP contribution in [0.1, 0.15) is 0 Å². The molecule has 11 heavy (non-hydrogen) atoms. The highest BCUT2D eigenvalue weighted by Gasteiger charge is 2.29. The average molecular weight is 158 g/mol. The first-order valence-corrected chi connectivity index (χ1v) is 3.53. The number of hydrogen-bond donors (Lipinski definition) is 1. The van der Waals surface area contributed by atoms with Crippen LogP contribution in [0.2, 0.25) is 0 Å². The van der Waals surface area contributed by atoms with Gasteiger partial charge in [-0.15, -0.1) is 0 Å². The first kappa shape index (κ1) is 8.49. The van der Waals surface area contributed by atoms with E-state index in [4.69, 9.17) is 9.84 Å². The number of carbonyl (C=O) groups is 1. The lowest BCUT2D eigenvalue weighted by atomic mass is 10.1. The van der Waals surface area contributed by atoms with Crippen LogP contribution in [0.15, 0.2) is 0 Å². The van der Waals surface area contributed by atoms with Gasteiger partial charge in [-0.2, -0.15) is 0 Å². The Hall–Kier alpha value is -0.610. The van der Waals surface area contributed by atoms with Crippen molar-refractivity contribution in [2.24, 2.45) is 0 Å². The minimum absolute atomic E-state index is 0.267. The lowest BCUT2D eigenvalue weighted by Crippen LogP contribution is -2.51. The van der Waals surface area contributed by atoms with Crippen molar-refractivity contribution < 1.29 is 14.6 Å². The summed E-state index contributed by atoms with van der Waals surface area (Å²) in [6, 6.07) is -0.468. The minimum Gasteiger partial charge on any atom is -0.480 e. The van der Waals surface area contributed by atoms with Gasteiger partial charge in [0.15, 0.2) is 0 Å². The molecule has 0 aliphatic carbocycles. The predicted molar refractivity (Wildman–Crippen MR) is 39.2 cm³/mol. The van der Waals surface area contributed by atoms with E-state index in [0.717, 1.165) is 13.1 Å². The zero-order valence-electron chi connectivity index (χ0n) is 6.49. The molecule has 1 rings (SSSR count). The molecular formula is C7H12NO3. The quantitative estimate of drug-likeness (QED) is 0.605. The second-order valence-electron chi connectivity index (χ2n) is 2.55. The van der Waals surface area contributed by atoms with E-state index in [2.05, 4.69) is 0 Å². The fourth-order valence-electron chi connectivity index (χ4n) is 1.02. The number of rotatable bonds is 4. The number of aliphatic carboxylic acids is 1. The van der Waals surface area contributed by atoms with Crippen LogP contribution in [-0.4, -0.2) is 48.8 Å². The minimum atomic E-state index is -0.806. The summed E-state index contributed by atoms with van der Waals surface area (Å²) in [7, 11) is 1.51. The van der Waals surface area contributed by atoms with Crippen molar-refractivity contribution >= 4 is 5.97 Å². The molecule has 0 saturated carbocycles. The van der Waals surface area contributed by atoms with E-state index in [1.807, 2.05) is 11.3 Å². The molecule has 0 spiro atoms. The van der Waals surface area contributed by atoms with Crippen molar-refractivity contribution in [3.8, 4) is 0 Å². The predicted octanol–water partition coefficient (Wildman–Crippen LogP) is -0.394. The Balaban J connectivity index is 2.37. The van der Waals surface area contributed by atoms with Crippen molar-refractivity contribution in [3.63, 3.8) is 0 Å². The van der Waals surface area contributed by atoms with Crippen molar-refractivity contribution in [1.29, 1.82) is 0 Å². The van der Waals surface area contributed by atoms with Gasteiger partial charge in [0, 0.05) is 20.2 Å². The average Bonchev–Trinajstić information content (AvgIpc) is 1.82. The molecular weight excluding hydrogens is 146 g/mol. The molecule has 0 aromatic heterocycles. The van der Waals surface area contributed by atoms with Crippen molar-refractivity contribution in [2.75, 3.05) is 26.8 Å². The maximum Gasteiger partial charge on any atom is 0.323 e. The van der Waals surface area contributed by atoms with E-state index in [1.54, 1.807) is 0 Å². The molecule has 0 aromatic carbocycles. The summed E-state index contributed by atoms with van der Waals surface area (Å²) in [4.78, 5) is 12.4. The zero-order chi connectivity index (χ0) is 8.27. The second kappa shape index (κ2) is 3.69. The molecule has 0 bridgehead atoms. The van der Waals surface area contributed by atoms with Crippen LogP contribution in [0.5, 0.6) is 0 Å². The third-order valence-corrected chi connectivity index (χ3v) is 1.78. The van der Waals surface area contributed by atoms with Gasteiger partial charge in [0.25, 0.3) is 0 Å². The molecule has 1 aliphatic heterocycles. The lowest BCUT2D eigenvalue weighted by molar-refractivity contribution is -0.146. The molecule has 1 unspecified atom stereocenters. The fourth-order valence-corrected chi connectivity index (χ4v) is 1.02. The van der Waals surface area contributed by atoms with Crippen molar-refractivity contribution in [1.82, 2.24) is 4.90 Å². The number of hydrogen-bond acceptors (Lipinski definition) is 3. The molecule has 4 nitrogen and oxygen atoms in total. The summed E-state index contributed by atoms with van der Waals surface area (Å²) in [6.07, 6.45) is 2.03. The first-order valence-electron chi connectivity index (χ1n) is 3.53. The van der Waals surface area contributed by atoms with Crippen LogP contribution in [-0.2, 0) is 9.53 Å². The molecule has 4 heteroatoms. The Bertz CT molecular complexity index is 145. The Morgan fingerprint density at radius 3 is 2.73 bits per heavy atom. The third-order valence-electron chi connectivity index (χ3n) is 1.78. The summed E-state index contributed by atoms with van der Waals surface area (Å²) >= 11 is 0. The van der Waals surface area contributed by atoms with Gasteiger partial charge < -0.3 is 9.84 Å². The van der Waals surface area contributed by atoms with Gasteiger partial charge in [0.2, 0.25) is 0 Å². The Labute approximate surface area is 65.8 Å². The fraction of sp³-hybridized carbons (Fsp3) is 0.714. The summed E-state index contributed by atoms with van der Waals surface area (Å²) in [5.41, 5.74) is 0. The molecule has 1 atom stereocenters. The highest BCUT2D eigenvalue weighted by Crippen LogP contribution is 2.10. The van der Waals surface area contributed by atoms with Gasteiger partial charge in [-0.3, -0.25) is 9.69 Å². The lowest BCUT2D eigenvalue weighted by Gasteiger charge is -2.35. The van der Waals surface area contributed by atoms with Gasteiger partial charge in [0.05, 0.1) is 6.61 Å².